The van der Waals surface area contributed by atoms with Gasteiger partial charge in [0.15, 0.2) is 6.29 Å². The number of carbonyl (C=O) groups is 5. The number of anilines is 2. The number of aromatic nitrogens is 10. The van der Waals surface area contributed by atoms with Crippen LogP contribution in [0.4, 0.5) is 11.6 Å². The van der Waals surface area contributed by atoms with E-state index < -0.39 is 14.8 Å². The van der Waals surface area contributed by atoms with Gasteiger partial charge in [0.05, 0.1) is 50.2 Å². The van der Waals surface area contributed by atoms with Crippen LogP contribution in [0.2, 0.25) is 15.5 Å². The third-order valence-corrected chi connectivity index (χ3v) is 33.1. The number of nitrogens with zero attached hydrogens (tertiary/aromatic N) is 10. The van der Waals surface area contributed by atoms with Gasteiger partial charge in [-0.3, -0.25) is 24.0 Å². The molecule has 3 fully saturated rings. The molecule has 3 saturated carbocycles. The van der Waals surface area contributed by atoms with Crippen molar-refractivity contribution in [1.82, 2.24) is 49.8 Å². The van der Waals surface area contributed by atoms with Crippen LogP contribution in [0.3, 0.4) is 0 Å². The molecule has 21 nitrogen and oxygen atoms in total. The molecular weight excluding hydrogens is 2050 g/mol. The van der Waals surface area contributed by atoms with Gasteiger partial charge in [-0.05, 0) is 342 Å². The van der Waals surface area contributed by atoms with E-state index in [0.29, 0.717) is 78.6 Å². The summed E-state index contributed by atoms with van der Waals surface area (Å²) in [4.78, 5) is 105. The quantitative estimate of drug-likeness (QED) is 0.00707. The molecule has 739 valence electrons. The second-order valence-corrected chi connectivity index (χ2v) is 43.7. The van der Waals surface area contributed by atoms with Crippen molar-refractivity contribution in [3.05, 3.63) is 279 Å². The van der Waals surface area contributed by atoms with Gasteiger partial charge in [-0.15, -0.1) is 56.7 Å². The second-order valence-electron chi connectivity index (χ2n) is 36.7. The number of aldehydes is 1. The number of nitrogens with one attached hydrogen (secondary N) is 2. The molecule has 0 aliphatic heterocycles. The first-order valence-corrected chi connectivity index (χ1v) is 56.2. The fraction of sp³-hybridized carbons (Fsp3) is 0.477. The number of aliphatic hydroxyl groups is 1. The standard InChI is InChI=1S/C24H31N3OS.C23H29N3O2S.2C16H15ClN2OS.C12H14OS.C8H17N.C4H2ClIN2.C4H9.Li.Mn.2O/c1-3-19-12-20(9-16(19)2)27-24-21(13-25-15-26-24)23(28)22-11-18(14-29-22)10-17-7-5-4-6-8-17;1-15-7-19(10-18(15)12-27)26-23-20(11-24-14-25-23)22(28)21-9-17(13-29-21)8-16-5-3-2-4-6-16;2*17-16-13(8-18-10-19-16)15(20)14-7-12(9-21-14)6-11-4-2-1-3-5-11;13-8-12-7-11(9-14-12)6-10-4-2-1-3-5-10;1-3-7-5-8(9)4-6(7)2;5-4-3(6)1-7-2-8-4;1-3-4-2;;;;/h7,11,13-16,19-20H,3-6,8-10,12H2,1-2H3,(H,25,26,27);5,9,11,13-15,18-19,27H,2-4,6-8,10,12H2,1H3,(H,24,25,26);2*4,7-10H,1-3,5-6H2;4,7-9H,1-3,5-6H2;6-8H,3-5,9H2,1-2H3;1-2H;1,3-4H2,2H3;;;;/q;;;;;;;-1;+1;;;/t16-,19-,20-;15-,18+,19-;;;;6-,7-,8-;;;;;;/m00...0....../s1. The Morgan fingerprint density at radius 2 is 0.748 bits per heavy atom. The Labute approximate surface area is 888 Å². The number of rotatable bonds is 27. The molecule has 10 heterocycles. The van der Waals surface area contributed by atoms with Gasteiger partial charge in [0, 0.05) is 55.7 Å². The SMILES string of the molecule is CC[C@H]1C[C@@H](N)C[C@@H]1C.CC[C@H]1C[C@@H](Nc2ncncc2C(=O)c2cc(CC3=CCCCC3)cs2)C[C@@H]1C.C[C@H]1C[C@H](Nc2ncncc2C(=O)c2cc(CC3=CCCCC3)cs2)C[C@@H]1CO.Clc1ncncc1I.O=C(c1cc(CC2=CCCCC2)cs1)c1cncnc1Cl.O=C(c1cc(CC2=CCCCC2)cs1)c1cncnc1Cl.O=Cc1cc(CC2=CCCCC2)cs1.[CH2-]CCC.[Li+].[O]=[Mn]=[O]. The molecule has 9 atom stereocenters. The van der Waals surface area contributed by atoms with Gasteiger partial charge in [-0.1, -0.05) is 154 Å². The van der Waals surface area contributed by atoms with Crippen LogP contribution in [-0.2, 0) is 54.6 Å². The van der Waals surface area contributed by atoms with Crippen molar-refractivity contribution in [3.63, 3.8) is 0 Å². The van der Waals surface area contributed by atoms with Crippen molar-refractivity contribution in [2.24, 2.45) is 41.2 Å². The molecule has 0 radical (unpaired) electrons. The van der Waals surface area contributed by atoms with E-state index in [1.165, 1.54) is 300 Å². The fourth-order valence-corrected chi connectivity index (χ4v) is 23.5. The minimum atomic E-state index is -1.44. The molecule has 10 aromatic rings. The molecular formula is C107H132Cl3ILiMnN13O8S5. The second kappa shape index (κ2) is 63.1. The van der Waals surface area contributed by atoms with Crippen molar-refractivity contribution in [3.8, 4) is 0 Å². The predicted molar refractivity (Wildman–Crippen MR) is 568 cm³/mol. The van der Waals surface area contributed by atoms with Crippen molar-refractivity contribution < 1.29 is 70.4 Å². The number of nitrogens with two attached hydrogens (primary N) is 1. The van der Waals surface area contributed by atoms with E-state index in [4.69, 9.17) is 48.2 Å². The van der Waals surface area contributed by atoms with Gasteiger partial charge in [-0.2, -0.15) is 6.42 Å². The van der Waals surface area contributed by atoms with Crippen LogP contribution in [0.5, 0.6) is 0 Å². The summed E-state index contributed by atoms with van der Waals surface area (Å²) in [5.41, 5.74) is 21.3. The van der Waals surface area contributed by atoms with Crippen molar-refractivity contribution in [2.45, 2.75) is 284 Å². The third kappa shape index (κ3) is 38.4. The zero-order valence-corrected chi connectivity index (χ0v) is 90.8. The topological polar surface area (TPSA) is 319 Å². The summed E-state index contributed by atoms with van der Waals surface area (Å²) in [6, 6.07) is 11.1. The van der Waals surface area contributed by atoms with E-state index in [-0.39, 0.29) is 64.9 Å². The summed E-state index contributed by atoms with van der Waals surface area (Å²) in [5.74, 6) is 5.13. The van der Waals surface area contributed by atoms with Gasteiger partial charge < -0.3 is 28.4 Å². The molecule has 0 unspecified atom stereocenters. The molecule has 8 aliphatic carbocycles. The number of halogens is 4. The van der Waals surface area contributed by atoms with E-state index in [0.717, 1.165) is 106 Å². The number of carbonyl (C=O) groups excluding carboxylic acids is 5. The fourth-order valence-electron chi connectivity index (χ4n) is 18.6. The Balaban J connectivity index is 0.000000185. The number of allylic oxidation sites excluding steroid dienone is 10. The Hall–Kier alpha value is -7.21. The van der Waals surface area contributed by atoms with Crippen LogP contribution < -0.4 is 35.2 Å². The van der Waals surface area contributed by atoms with E-state index in [1.807, 2.05) is 24.3 Å². The predicted octanol–water partition coefficient (Wildman–Crippen LogP) is 25.1. The summed E-state index contributed by atoms with van der Waals surface area (Å²) in [5, 5.41) is 27.9. The number of ketones is 4. The first kappa shape index (κ1) is 115. The van der Waals surface area contributed by atoms with Gasteiger partial charge in [0.25, 0.3) is 0 Å². The van der Waals surface area contributed by atoms with Crippen molar-refractivity contribution in [1.29, 1.82) is 0 Å². The van der Waals surface area contributed by atoms with Crippen LogP contribution in [0.15, 0.2) is 178 Å². The number of hydrogen-bond donors (Lipinski definition) is 4. The zero-order chi connectivity index (χ0) is 98.5. The molecule has 32 heteroatoms. The normalized spacial score (nSPS) is 19.9. The average Bonchev–Trinajstić information content (AvgIpc) is 1.69. The molecule has 0 saturated heterocycles. The molecule has 139 heavy (non-hydrogen) atoms. The van der Waals surface area contributed by atoms with E-state index in [2.05, 4.69) is 195 Å². The molecule has 0 spiro atoms. The zero-order valence-electron chi connectivity index (χ0n) is 81.2. The first-order valence-electron chi connectivity index (χ1n) is 48.6. The molecule has 10 aromatic heterocycles. The summed E-state index contributed by atoms with van der Waals surface area (Å²) >= 11 is 25.6. The maximum absolute atomic E-state index is 13.2. The summed E-state index contributed by atoms with van der Waals surface area (Å²) in [6.07, 6.45) is 68.9. The van der Waals surface area contributed by atoms with Crippen molar-refractivity contribution in [2.75, 3.05) is 17.2 Å². The number of hydrogen-bond acceptors (Lipinski definition) is 26. The number of aliphatic hydroxyl groups excluding tert-OH is 1. The number of unbranched alkanes of at least 4 members (excludes halogenated alkanes) is 1. The average molecular weight is 2180 g/mol. The molecule has 0 amide bonds. The van der Waals surface area contributed by atoms with Crippen LogP contribution in [0.25, 0.3) is 0 Å². The third-order valence-electron chi connectivity index (χ3n) is 26.2. The molecule has 0 bridgehead atoms. The van der Waals surface area contributed by atoms with Gasteiger partial charge in [-0.25, -0.2) is 49.8 Å². The molecule has 8 aliphatic rings. The summed E-state index contributed by atoms with van der Waals surface area (Å²) in [7, 11) is 0. The van der Waals surface area contributed by atoms with E-state index in [1.54, 1.807) is 35.5 Å². The summed E-state index contributed by atoms with van der Waals surface area (Å²) in [6.45, 7) is 17.3. The maximum atomic E-state index is 13.2. The van der Waals surface area contributed by atoms with E-state index in [9.17, 15) is 29.1 Å². The van der Waals surface area contributed by atoms with E-state index >= 15 is 0 Å². The monoisotopic (exact) mass is 2180 g/mol. The molecule has 18 rings (SSSR count). The molecule has 5 N–H and O–H groups in total. The Bertz CT molecular complexity index is 5450. The minimum absolute atomic E-state index is 0. The van der Waals surface area contributed by atoms with Crippen LogP contribution >= 0.6 is 114 Å². The first-order chi connectivity index (χ1) is 67.0. The number of thiophene rings is 5. The Morgan fingerprint density at radius 3 is 1.01 bits per heavy atom. The Kier molecular flexibility index (Phi) is 52.4. The van der Waals surface area contributed by atoms with Crippen LogP contribution in [0.1, 0.15) is 333 Å². The van der Waals surface area contributed by atoms with Crippen LogP contribution in [0, 0.1) is 46.0 Å². The van der Waals surface area contributed by atoms with Crippen molar-refractivity contribution >= 4 is 155 Å². The summed E-state index contributed by atoms with van der Waals surface area (Å²) < 4.78 is 17.7. The Morgan fingerprint density at radius 1 is 0.446 bits per heavy atom. The van der Waals surface area contributed by atoms with Gasteiger partial charge >= 0.3 is 41.4 Å². The van der Waals surface area contributed by atoms with Gasteiger partial charge in [0.1, 0.15) is 58.7 Å². The molecule has 0 aromatic carbocycles. The van der Waals surface area contributed by atoms with Gasteiger partial charge in [0.2, 0.25) is 23.1 Å². The van der Waals surface area contributed by atoms with Crippen LogP contribution in [-0.4, -0.2) is 109 Å².